The summed E-state index contributed by atoms with van der Waals surface area (Å²) >= 11 is 0. The third kappa shape index (κ3) is 5.30. The minimum Gasteiger partial charge on any atom is -0.623 e. The molecule has 0 amide bonds. The average Bonchev–Trinajstić information content (AvgIpc) is 2.82. The molecule has 0 saturated carbocycles. The van der Waals surface area contributed by atoms with E-state index in [1.807, 2.05) is 6.92 Å². The van der Waals surface area contributed by atoms with E-state index < -0.39 is 41.5 Å². The Bertz CT molecular complexity index is 769. The first kappa shape index (κ1) is 20.6. The van der Waals surface area contributed by atoms with Gasteiger partial charge in [0, 0.05) is 26.3 Å². The number of furan rings is 1. The van der Waals surface area contributed by atoms with Gasteiger partial charge in [-0.25, -0.2) is 4.74 Å². The maximum Gasteiger partial charge on any atom is 0.329 e. The van der Waals surface area contributed by atoms with E-state index in [-0.39, 0.29) is 0 Å². The van der Waals surface area contributed by atoms with Crippen LogP contribution in [0.4, 0.5) is 0 Å². The van der Waals surface area contributed by atoms with Gasteiger partial charge in [-0.15, -0.1) is 0 Å². The normalized spacial score (nSPS) is 14.1. The zero-order valence-electron chi connectivity index (χ0n) is 13.6. The van der Waals surface area contributed by atoms with Crippen LogP contribution in [0.1, 0.15) is 52.2 Å². The molecule has 2 N–H and O–H groups in total. The Hall–Kier alpha value is -1.43. The highest BCUT2D eigenvalue weighted by Crippen LogP contribution is 2.25. The lowest BCUT2D eigenvalue weighted by molar-refractivity contribution is -0.537. The van der Waals surface area contributed by atoms with Gasteiger partial charge in [-0.2, -0.15) is 16.8 Å². The van der Waals surface area contributed by atoms with Gasteiger partial charge in [-0.05, 0) is 6.42 Å². The molecule has 1 aromatic rings. The summed E-state index contributed by atoms with van der Waals surface area (Å²) < 4.78 is 67.9. The quantitative estimate of drug-likeness (QED) is 0.173. The van der Waals surface area contributed by atoms with Gasteiger partial charge in [0.15, 0.2) is 16.2 Å². The van der Waals surface area contributed by atoms with E-state index in [1.165, 1.54) is 0 Å². The minimum atomic E-state index is -5.03. The first-order chi connectivity index (χ1) is 10.8. The van der Waals surface area contributed by atoms with Crippen molar-refractivity contribution in [3.8, 4) is 0 Å². The highest BCUT2D eigenvalue weighted by Gasteiger charge is 2.31. The molecule has 0 aliphatic rings. The largest absolute Gasteiger partial charge is 0.623 e. The standard InChI is InChI=1S/C13H21NO8S2/c1-4-5-6-7-13(2,3)14(15)9-10-8-11(23(16,17)18)12(22-10)24(19,20)21/h8-9H,4-7H2,1-3H3,(H,16,17,18)(H,19,20,21). The van der Waals surface area contributed by atoms with Crippen molar-refractivity contribution < 1.29 is 35.1 Å². The number of hydroxylamine groups is 1. The van der Waals surface area contributed by atoms with Crippen molar-refractivity contribution >= 4 is 26.5 Å². The molecule has 0 aliphatic carbocycles. The van der Waals surface area contributed by atoms with E-state index in [0.717, 1.165) is 25.5 Å². The number of rotatable bonds is 8. The van der Waals surface area contributed by atoms with Gasteiger partial charge in [-0.1, -0.05) is 19.8 Å². The van der Waals surface area contributed by atoms with Crippen LogP contribution in [0.3, 0.4) is 0 Å². The highest BCUT2D eigenvalue weighted by atomic mass is 32.2. The zero-order valence-corrected chi connectivity index (χ0v) is 15.2. The molecule has 0 spiro atoms. The Morgan fingerprint density at radius 2 is 1.79 bits per heavy atom. The Labute approximate surface area is 141 Å². The second-order valence-corrected chi connectivity index (χ2v) is 8.69. The Morgan fingerprint density at radius 1 is 1.21 bits per heavy atom. The van der Waals surface area contributed by atoms with Crippen LogP contribution in [0.2, 0.25) is 0 Å². The predicted octanol–water partition coefficient (Wildman–Crippen LogP) is 2.06. The van der Waals surface area contributed by atoms with Gasteiger partial charge in [0.2, 0.25) is 6.21 Å². The van der Waals surface area contributed by atoms with Gasteiger partial charge < -0.3 is 9.62 Å². The molecule has 1 heterocycles. The van der Waals surface area contributed by atoms with E-state index >= 15 is 0 Å². The molecule has 24 heavy (non-hydrogen) atoms. The summed E-state index contributed by atoms with van der Waals surface area (Å²) in [7, 11) is -9.99. The maximum absolute atomic E-state index is 12.2. The molecule has 0 fully saturated rings. The highest BCUT2D eigenvalue weighted by molar-refractivity contribution is 7.88. The summed E-state index contributed by atoms with van der Waals surface area (Å²) in [6.07, 6.45) is 4.15. The molecule has 0 aliphatic heterocycles. The fourth-order valence-corrected chi connectivity index (χ4v) is 3.67. The Kier molecular flexibility index (Phi) is 6.20. The van der Waals surface area contributed by atoms with Crippen LogP contribution in [-0.2, 0) is 20.2 Å². The third-order valence-electron chi connectivity index (χ3n) is 3.43. The fraction of sp³-hybridized carbons (Fsp3) is 0.615. The molecular weight excluding hydrogens is 362 g/mol. The van der Waals surface area contributed by atoms with E-state index in [1.54, 1.807) is 13.8 Å². The average molecular weight is 383 g/mol. The van der Waals surface area contributed by atoms with Crippen LogP contribution in [0.15, 0.2) is 20.5 Å². The molecule has 1 aromatic heterocycles. The second-order valence-electron chi connectivity index (χ2n) is 5.98. The molecule has 138 valence electrons. The van der Waals surface area contributed by atoms with Crippen molar-refractivity contribution in [2.45, 2.75) is 62.0 Å². The van der Waals surface area contributed by atoms with Crippen LogP contribution in [0, 0.1) is 5.21 Å². The van der Waals surface area contributed by atoms with E-state index in [2.05, 4.69) is 0 Å². The van der Waals surface area contributed by atoms with Gasteiger partial charge in [-0.3, -0.25) is 9.11 Å². The zero-order chi connectivity index (χ0) is 18.8. The number of hydrogen-bond acceptors (Lipinski definition) is 6. The third-order valence-corrected chi connectivity index (χ3v) is 5.19. The summed E-state index contributed by atoms with van der Waals surface area (Å²) in [5.74, 6) is -0.422. The van der Waals surface area contributed by atoms with E-state index in [9.17, 15) is 22.0 Å². The molecule has 1 rings (SSSR count). The SMILES string of the molecule is CCCCCC(C)(C)[N+]([O-])=Cc1cc(S(=O)(=O)O)c(S(=O)(=O)O)o1. The van der Waals surface area contributed by atoms with E-state index in [4.69, 9.17) is 13.5 Å². The van der Waals surface area contributed by atoms with Crippen molar-refractivity contribution in [1.29, 1.82) is 0 Å². The molecule has 0 unspecified atom stereocenters. The lowest BCUT2D eigenvalue weighted by atomic mass is 9.97. The monoisotopic (exact) mass is 383 g/mol. The Morgan fingerprint density at radius 3 is 2.21 bits per heavy atom. The predicted molar refractivity (Wildman–Crippen MR) is 85.4 cm³/mol. The molecule has 0 bridgehead atoms. The lowest BCUT2D eigenvalue weighted by Crippen LogP contribution is -2.33. The summed E-state index contributed by atoms with van der Waals surface area (Å²) in [6.45, 7) is 5.36. The molecule has 0 aromatic carbocycles. The second kappa shape index (κ2) is 7.21. The molecule has 9 nitrogen and oxygen atoms in total. The molecule has 0 radical (unpaired) electrons. The number of unbranched alkanes of at least 4 members (excludes halogenated alkanes) is 2. The van der Waals surface area contributed by atoms with Gasteiger partial charge in [0.1, 0.15) is 0 Å². The minimum absolute atomic E-state index is 0.422. The van der Waals surface area contributed by atoms with Crippen LogP contribution in [-0.4, -0.2) is 42.4 Å². The topological polar surface area (TPSA) is 148 Å². The van der Waals surface area contributed by atoms with E-state index in [0.29, 0.717) is 17.2 Å². The van der Waals surface area contributed by atoms with Crippen LogP contribution < -0.4 is 0 Å². The molecule has 11 heteroatoms. The summed E-state index contributed by atoms with van der Waals surface area (Å²) in [5, 5.41) is 10.9. The van der Waals surface area contributed by atoms with Crippen molar-refractivity contribution in [1.82, 2.24) is 0 Å². The van der Waals surface area contributed by atoms with Gasteiger partial charge in [0.25, 0.3) is 15.2 Å². The number of nitrogens with zero attached hydrogens (tertiary/aromatic N) is 1. The first-order valence-electron chi connectivity index (χ1n) is 7.19. The summed E-state index contributed by atoms with van der Waals surface area (Å²) in [5.41, 5.74) is -0.835. The van der Waals surface area contributed by atoms with Gasteiger partial charge in [0.05, 0.1) is 0 Å². The summed E-state index contributed by atoms with van der Waals surface area (Å²) in [6, 6.07) is 0.658. The smallest absolute Gasteiger partial charge is 0.329 e. The van der Waals surface area contributed by atoms with Gasteiger partial charge >= 0.3 is 10.1 Å². The molecule has 0 saturated heterocycles. The number of hydrogen-bond donors (Lipinski definition) is 2. The van der Waals surface area contributed by atoms with Crippen LogP contribution in [0.25, 0.3) is 0 Å². The summed E-state index contributed by atoms with van der Waals surface area (Å²) in [4.78, 5) is -1.13. The lowest BCUT2D eigenvalue weighted by Gasteiger charge is -2.23. The maximum atomic E-state index is 12.2. The molecule has 0 atom stereocenters. The van der Waals surface area contributed by atoms with Crippen molar-refractivity contribution in [2.24, 2.45) is 0 Å². The van der Waals surface area contributed by atoms with Crippen molar-refractivity contribution in [2.75, 3.05) is 0 Å². The van der Waals surface area contributed by atoms with Crippen LogP contribution in [0.5, 0.6) is 0 Å². The van der Waals surface area contributed by atoms with Crippen LogP contribution >= 0.6 is 0 Å². The fourth-order valence-electron chi connectivity index (χ4n) is 2.01. The van der Waals surface area contributed by atoms with Crippen molar-refractivity contribution in [3.63, 3.8) is 0 Å². The van der Waals surface area contributed by atoms with Crippen molar-refractivity contribution in [3.05, 3.63) is 17.0 Å². The molecular formula is C13H21NO8S2. The first-order valence-corrected chi connectivity index (χ1v) is 10.1. The Balaban J connectivity index is 3.26.